The van der Waals surface area contributed by atoms with Crippen molar-refractivity contribution in [2.24, 2.45) is 4.99 Å². The quantitative estimate of drug-likeness (QED) is 0.460. The van der Waals surface area contributed by atoms with Crippen LogP contribution in [0.3, 0.4) is 0 Å². The van der Waals surface area contributed by atoms with Crippen molar-refractivity contribution in [3.05, 3.63) is 46.3 Å². The molecule has 0 fully saturated rings. The first kappa shape index (κ1) is 18.2. The molecule has 1 aromatic heterocycles. The number of hydrogen-bond acceptors (Lipinski definition) is 4. The van der Waals surface area contributed by atoms with Gasteiger partial charge in [0.2, 0.25) is 10.0 Å². The van der Waals surface area contributed by atoms with Crippen LogP contribution < -0.4 is 14.9 Å². The minimum absolute atomic E-state index is 0.218. The second-order valence-corrected chi connectivity index (χ2v) is 9.17. The van der Waals surface area contributed by atoms with E-state index in [-0.39, 0.29) is 10.8 Å². The molecular formula is C16H19ClN4O2S2. The standard InChI is InChI=1S/C16H19ClN4O2S2/c1-18-16(21-11-8-12-4-2-3-5-13(12)21)19-9-10-20-25(22,23)15-7-6-14(17)24-15/h2-7,20H,8-11H2,1H3,(H,18,19). The molecule has 0 unspecified atom stereocenters. The van der Waals surface area contributed by atoms with Crippen LogP contribution in [-0.2, 0) is 16.4 Å². The molecule has 1 aliphatic heterocycles. The molecule has 25 heavy (non-hydrogen) atoms. The van der Waals surface area contributed by atoms with Crippen LogP contribution in [0.4, 0.5) is 5.69 Å². The van der Waals surface area contributed by atoms with Crippen LogP contribution >= 0.6 is 22.9 Å². The first-order valence-corrected chi connectivity index (χ1v) is 10.5. The normalized spacial score (nSPS) is 14.6. The second-order valence-electron chi connectivity index (χ2n) is 5.46. The van der Waals surface area contributed by atoms with Gasteiger partial charge < -0.3 is 10.2 Å². The summed E-state index contributed by atoms with van der Waals surface area (Å²) >= 11 is 6.83. The highest BCUT2D eigenvalue weighted by atomic mass is 35.5. The number of fused-ring (bicyclic) bond motifs is 1. The highest BCUT2D eigenvalue weighted by molar-refractivity contribution is 7.91. The molecule has 2 heterocycles. The fraction of sp³-hybridized carbons (Fsp3) is 0.312. The zero-order chi connectivity index (χ0) is 17.9. The van der Waals surface area contributed by atoms with Crippen LogP contribution in [0.15, 0.2) is 45.6 Å². The van der Waals surface area contributed by atoms with Gasteiger partial charge in [-0.3, -0.25) is 4.99 Å². The maximum atomic E-state index is 12.2. The van der Waals surface area contributed by atoms with Crippen molar-refractivity contribution in [3.8, 4) is 0 Å². The fourth-order valence-electron chi connectivity index (χ4n) is 2.73. The van der Waals surface area contributed by atoms with E-state index in [0.717, 1.165) is 35.9 Å². The third-order valence-electron chi connectivity index (χ3n) is 3.87. The summed E-state index contributed by atoms with van der Waals surface area (Å²) < 4.78 is 27.5. The van der Waals surface area contributed by atoms with E-state index < -0.39 is 10.0 Å². The van der Waals surface area contributed by atoms with Gasteiger partial charge in [-0.2, -0.15) is 0 Å². The third kappa shape index (κ3) is 4.14. The number of thiophene rings is 1. The van der Waals surface area contributed by atoms with Crippen molar-refractivity contribution in [2.45, 2.75) is 10.6 Å². The van der Waals surface area contributed by atoms with E-state index in [1.165, 1.54) is 11.6 Å². The van der Waals surface area contributed by atoms with Gasteiger partial charge in [0.25, 0.3) is 0 Å². The Morgan fingerprint density at radius 3 is 2.80 bits per heavy atom. The molecule has 0 radical (unpaired) electrons. The van der Waals surface area contributed by atoms with E-state index in [9.17, 15) is 8.42 Å². The van der Waals surface area contributed by atoms with Crippen molar-refractivity contribution in [3.63, 3.8) is 0 Å². The van der Waals surface area contributed by atoms with Crippen LogP contribution in [-0.4, -0.2) is 41.1 Å². The lowest BCUT2D eigenvalue weighted by Gasteiger charge is -2.22. The molecular weight excluding hydrogens is 380 g/mol. The Hall–Kier alpha value is -1.61. The Labute approximate surface area is 156 Å². The van der Waals surface area contributed by atoms with Gasteiger partial charge in [-0.1, -0.05) is 29.8 Å². The van der Waals surface area contributed by atoms with Crippen LogP contribution in [0, 0.1) is 0 Å². The number of rotatable bonds is 5. The zero-order valence-electron chi connectivity index (χ0n) is 13.7. The largest absolute Gasteiger partial charge is 0.355 e. The maximum Gasteiger partial charge on any atom is 0.250 e. The number of nitrogens with one attached hydrogen (secondary N) is 2. The summed E-state index contributed by atoms with van der Waals surface area (Å²) in [5.74, 6) is 0.739. The molecule has 0 bridgehead atoms. The van der Waals surface area contributed by atoms with E-state index in [1.54, 1.807) is 13.1 Å². The minimum atomic E-state index is -3.52. The van der Waals surface area contributed by atoms with Gasteiger partial charge >= 0.3 is 0 Å². The first-order chi connectivity index (χ1) is 12.0. The van der Waals surface area contributed by atoms with Crippen molar-refractivity contribution in [2.75, 3.05) is 31.6 Å². The number of halogens is 1. The Morgan fingerprint density at radius 1 is 1.28 bits per heavy atom. The average Bonchev–Trinajstić information content (AvgIpc) is 3.22. The Kier molecular flexibility index (Phi) is 5.63. The summed E-state index contributed by atoms with van der Waals surface area (Å²) in [5.41, 5.74) is 2.44. The van der Waals surface area contributed by atoms with Crippen LogP contribution in [0.1, 0.15) is 5.56 Å². The summed E-state index contributed by atoms with van der Waals surface area (Å²) in [6, 6.07) is 11.3. The number of anilines is 1. The summed E-state index contributed by atoms with van der Waals surface area (Å²) in [7, 11) is -1.80. The predicted octanol–water partition coefficient (Wildman–Crippen LogP) is 2.32. The SMILES string of the molecule is CN=C(NCCNS(=O)(=O)c1ccc(Cl)s1)N1CCc2ccccc21. The maximum absolute atomic E-state index is 12.2. The van der Waals surface area contributed by atoms with Gasteiger partial charge in [0.1, 0.15) is 4.21 Å². The summed E-state index contributed by atoms with van der Waals surface area (Å²) in [4.78, 5) is 6.42. The van der Waals surface area contributed by atoms with Crippen molar-refractivity contribution < 1.29 is 8.42 Å². The predicted molar refractivity (Wildman–Crippen MR) is 103 cm³/mol. The molecule has 3 rings (SSSR count). The minimum Gasteiger partial charge on any atom is -0.355 e. The number of aliphatic imine (C=N–C) groups is 1. The van der Waals surface area contributed by atoms with Crippen LogP contribution in [0.25, 0.3) is 0 Å². The van der Waals surface area contributed by atoms with E-state index >= 15 is 0 Å². The smallest absolute Gasteiger partial charge is 0.250 e. The molecule has 134 valence electrons. The van der Waals surface area contributed by atoms with Crippen molar-refractivity contribution in [1.29, 1.82) is 0 Å². The molecule has 0 amide bonds. The summed E-state index contributed by atoms with van der Waals surface area (Å²) in [6.45, 7) is 1.55. The molecule has 1 aromatic carbocycles. The fourth-order valence-corrected chi connectivity index (χ4v) is 5.29. The molecule has 0 spiro atoms. The molecule has 0 saturated heterocycles. The lowest BCUT2D eigenvalue weighted by atomic mass is 10.2. The van der Waals surface area contributed by atoms with Crippen molar-refractivity contribution >= 4 is 44.6 Å². The molecule has 9 heteroatoms. The molecule has 2 N–H and O–H groups in total. The highest BCUT2D eigenvalue weighted by Crippen LogP contribution is 2.27. The Bertz CT molecular complexity index is 880. The number of benzene rings is 1. The lowest BCUT2D eigenvalue weighted by Crippen LogP contribution is -2.43. The molecule has 6 nitrogen and oxygen atoms in total. The third-order valence-corrected chi connectivity index (χ3v) is 7.05. The van der Waals surface area contributed by atoms with Gasteiger partial charge in [-0.15, -0.1) is 11.3 Å². The van der Waals surface area contributed by atoms with E-state index in [0.29, 0.717) is 10.9 Å². The number of sulfonamides is 1. The van der Waals surface area contributed by atoms with Gasteiger partial charge in [0.15, 0.2) is 5.96 Å². The summed E-state index contributed by atoms with van der Waals surface area (Å²) in [5, 5.41) is 3.21. The average molecular weight is 399 g/mol. The van der Waals surface area contributed by atoms with E-state index in [4.69, 9.17) is 11.6 Å². The van der Waals surface area contributed by atoms with Crippen molar-refractivity contribution in [1.82, 2.24) is 10.0 Å². The van der Waals surface area contributed by atoms with Gasteiger partial charge in [0, 0.05) is 32.4 Å². The zero-order valence-corrected chi connectivity index (χ0v) is 16.1. The first-order valence-electron chi connectivity index (χ1n) is 7.82. The van der Waals surface area contributed by atoms with Crippen LogP contribution in [0.5, 0.6) is 0 Å². The number of nitrogens with zero attached hydrogens (tertiary/aromatic N) is 2. The Morgan fingerprint density at radius 2 is 2.08 bits per heavy atom. The van der Waals surface area contributed by atoms with Gasteiger partial charge in [-0.05, 0) is 30.2 Å². The molecule has 0 saturated carbocycles. The van der Waals surface area contributed by atoms with Gasteiger partial charge in [-0.25, -0.2) is 13.1 Å². The number of guanidine groups is 1. The number of para-hydroxylation sites is 1. The number of hydrogen-bond donors (Lipinski definition) is 2. The highest BCUT2D eigenvalue weighted by Gasteiger charge is 2.22. The topological polar surface area (TPSA) is 73.8 Å². The van der Waals surface area contributed by atoms with Gasteiger partial charge in [0.05, 0.1) is 4.34 Å². The monoisotopic (exact) mass is 398 g/mol. The Balaban J connectivity index is 1.55. The van der Waals surface area contributed by atoms with Crippen LogP contribution in [0.2, 0.25) is 4.34 Å². The molecule has 0 atom stereocenters. The molecule has 2 aromatic rings. The second kappa shape index (κ2) is 7.74. The van der Waals surface area contributed by atoms with E-state index in [2.05, 4.69) is 32.1 Å². The lowest BCUT2D eigenvalue weighted by molar-refractivity contribution is 0.583. The molecule has 0 aliphatic carbocycles. The van der Waals surface area contributed by atoms with E-state index in [1.807, 2.05) is 12.1 Å². The molecule has 1 aliphatic rings. The summed E-state index contributed by atoms with van der Waals surface area (Å²) in [6.07, 6.45) is 0.975.